The highest BCUT2D eigenvalue weighted by Gasteiger charge is 2.85. The number of halogens is 6. The molecule has 0 saturated carbocycles. The predicted octanol–water partition coefficient (Wildman–Crippen LogP) is 2.44. The molecule has 0 N–H and O–H groups in total. The van der Waals surface area contributed by atoms with Gasteiger partial charge in [-0.25, -0.2) is 4.79 Å². The third-order valence-corrected chi connectivity index (χ3v) is 2.60. The number of ether oxygens (including phenoxy) is 1. The van der Waals surface area contributed by atoms with Gasteiger partial charge in [0.1, 0.15) is 0 Å². The topological polar surface area (TPSA) is 38.5 Å². The van der Waals surface area contributed by atoms with E-state index in [9.17, 15) is 31.1 Å². The molecule has 1 aliphatic rings. The molecule has 2 atom stereocenters. The molecular weight excluding hydrogens is 296 g/mol. The van der Waals surface area contributed by atoms with Crippen LogP contribution in [-0.4, -0.2) is 47.7 Å². The molecule has 4 nitrogen and oxygen atoms in total. The highest BCUT2D eigenvalue weighted by molar-refractivity contribution is 5.74. The largest absolute Gasteiger partial charge is 0.461 e. The summed E-state index contributed by atoms with van der Waals surface area (Å²) in [7, 11) is 0. The van der Waals surface area contributed by atoms with Gasteiger partial charge in [0.2, 0.25) is 0 Å². The normalized spacial score (nSPS) is 23.6. The Hall–Kier alpha value is -1.03. The smallest absolute Gasteiger partial charge is 0.419 e. The number of carbonyl (C=O) groups is 1. The molecule has 1 heterocycles. The van der Waals surface area contributed by atoms with E-state index in [1.807, 2.05) is 0 Å². The number of rotatable bonds is 4. The molecule has 1 saturated heterocycles. The van der Waals surface area contributed by atoms with Crippen molar-refractivity contribution in [2.24, 2.45) is 0 Å². The van der Waals surface area contributed by atoms with Gasteiger partial charge in [0.25, 0.3) is 5.54 Å². The highest BCUT2D eigenvalue weighted by Crippen LogP contribution is 2.56. The zero-order valence-corrected chi connectivity index (χ0v) is 10.8. The first-order valence-electron chi connectivity index (χ1n) is 5.61. The Labute approximate surface area is 110 Å². The Bertz CT molecular complexity index is 364. The second-order valence-corrected chi connectivity index (χ2v) is 4.63. The highest BCUT2D eigenvalue weighted by atomic mass is 19.4. The summed E-state index contributed by atoms with van der Waals surface area (Å²) in [5.41, 5.74) is -4.05. The molecule has 10 heteroatoms. The van der Waals surface area contributed by atoms with Crippen molar-refractivity contribution >= 4 is 5.97 Å². The molecule has 0 spiro atoms. The molecule has 0 bridgehead atoms. The van der Waals surface area contributed by atoms with Crippen molar-refractivity contribution in [2.75, 3.05) is 6.54 Å². The first-order chi connectivity index (χ1) is 8.83. The lowest BCUT2D eigenvalue weighted by atomic mass is 10.1. The van der Waals surface area contributed by atoms with Gasteiger partial charge in [-0.05, 0) is 20.8 Å². The van der Waals surface area contributed by atoms with Crippen molar-refractivity contribution in [1.82, 2.24) is 5.06 Å². The summed E-state index contributed by atoms with van der Waals surface area (Å²) in [5.74, 6) is -1.04. The predicted molar refractivity (Wildman–Crippen MR) is 53.3 cm³/mol. The fraction of sp³-hybridized carbons (Fsp3) is 0.900. The minimum Gasteiger partial charge on any atom is -0.461 e. The maximum absolute atomic E-state index is 12.5. The van der Waals surface area contributed by atoms with Crippen LogP contribution in [0.1, 0.15) is 20.8 Å². The van der Waals surface area contributed by atoms with Gasteiger partial charge >= 0.3 is 18.3 Å². The van der Waals surface area contributed by atoms with Crippen molar-refractivity contribution in [2.45, 2.75) is 50.9 Å². The van der Waals surface area contributed by atoms with E-state index in [0.29, 0.717) is 0 Å². The van der Waals surface area contributed by atoms with Crippen molar-refractivity contribution in [3.05, 3.63) is 0 Å². The van der Waals surface area contributed by atoms with Gasteiger partial charge in [0.15, 0.2) is 6.10 Å². The van der Waals surface area contributed by atoms with Gasteiger partial charge in [-0.1, -0.05) is 0 Å². The van der Waals surface area contributed by atoms with E-state index in [4.69, 9.17) is 0 Å². The van der Waals surface area contributed by atoms with Crippen LogP contribution in [0.2, 0.25) is 0 Å². The van der Waals surface area contributed by atoms with Crippen LogP contribution < -0.4 is 0 Å². The summed E-state index contributed by atoms with van der Waals surface area (Å²) in [6.07, 6.45) is -13.2. The van der Waals surface area contributed by atoms with Gasteiger partial charge < -0.3 is 4.74 Å². The van der Waals surface area contributed by atoms with Crippen LogP contribution in [0, 0.1) is 0 Å². The van der Waals surface area contributed by atoms with Crippen LogP contribution >= 0.6 is 0 Å². The lowest BCUT2D eigenvalue weighted by Gasteiger charge is -2.24. The number of alkyl halides is 6. The molecule has 118 valence electrons. The van der Waals surface area contributed by atoms with Crippen LogP contribution in [0.4, 0.5) is 26.3 Å². The number of nitrogens with zero attached hydrogens (tertiary/aromatic N) is 1. The van der Waals surface area contributed by atoms with Crippen LogP contribution in [0.25, 0.3) is 0 Å². The van der Waals surface area contributed by atoms with Crippen LogP contribution in [-0.2, 0) is 14.4 Å². The summed E-state index contributed by atoms with van der Waals surface area (Å²) in [5, 5.41) is -0.292. The fourth-order valence-corrected chi connectivity index (χ4v) is 1.48. The lowest BCUT2D eigenvalue weighted by Crippen LogP contribution is -2.50. The van der Waals surface area contributed by atoms with E-state index in [2.05, 4.69) is 9.57 Å². The maximum Gasteiger partial charge on any atom is 0.419 e. The molecule has 20 heavy (non-hydrogen) atoms. The Morgan fingerprint density at radius 2 is 1.55 bits per heavy atom. The standard InChI is InChI=1S/C10H13F6NO3/c1-5(2)19-7(18)6(3)20-17-4-8(17,9(11,12)13)10(14,15)16/h5-6H,4H2,1-3H3. The van der Waals surface area contributed by atoms with Gasteiger partial charge in [-0.2, -0.15) is 31.4 Å². The average molecular weight is 309 g/mol. The first kappa shape index (κ1) is 17.0. The molecule has 0 aromatic heterocycles. The van der Waals surface area contributed by atoms with E-state index in [1.54, 1.807) is 0 Å². The second kappa shape index (κ2) is 5.06. The summed E-state index contributed by atoms with van der Waals surface area (Å²) in [6.45, 7) is 2.58. The molecule has 2 unspecified atom stereocenters. The number of hydroxylamine groups is 2. The van der Waals surface area contributed by atoms with Crippen LogP contribution in [0.15, 0.2) is 0 Å². The van der Waals surface area contributed by atoms with Crippen molar-refractivity contribution in [1.29, 1.82) is 0 Å². The van der Waals surface area contributed by atoms with E-state index in [1.165, 1.54) is 13.8 Å². The monoisotopic (exact) mass is 309 g/mol. The second-order valence-electron chi connectivity index (χ2n) is 4.63. The van der Waals surface area contributed by atoms with Crippen LogP contribution in [0.5, 0.6) is 0 Å². The summed E-state index contributed by atoms with van der Waals surface area (Å²) in [4.78, 5) is 15.7. The maximum atomic E-state index is 12.5. The summed E-state index contributed by atoms with van der Waals surface area (Å²) < 4.78 is 79.9. The first-order valence-corrected chi connectivity index (χ1v) is 5.61. The molecule has 0 aliphatic carbocycles. The van der Waals surface area contributed by atoms with Crippen molar-refractivity contribution in [3.63, 3.8) is 0 Å². The molecular formula is C10H13F6NO3. The van der Waals surface area contributed by atoms with E-state index >= 15 is 0 Å². The van der Waals surface area contributed by atoms with E-state index in [-0.39, 0.29) is 5.06 Å². The molecule has 0 radical (unpaired) electrons. The van der Waals surface area contributed by atoms with Gasteiger partial charge in [-0.15, -0.1) is 0 Å². The number of hydrogen-bond donors (Lipinski definition) is 0. The SMILES string of the molecule is CC(C)OC(=O)C(C)ON1CC1(C(F)(F)F)C(F)(F)F. The molecule has 1 rings (SSSR count). The Morgan fingerprint density at radius 1 is 1.10 bits per heavy atom. The molecule has 1 aliphatic heterocycles. The quantitative estimate of drug-likeness (QED) is 0.454. The fourth-order valence-electron chi connectivity index (χ4n) is 1.48. The average Bonchev–Trinajstić information content (AvgIpc) is 2.90. The molecule has 0 aromatic rings. The van der Waals surface area contributed by atoms with Crippen molar-refractivity contribution in [3.8, 4) is 0 Å². The van der Waals surface area contributed by atoms with Gasteiger partial charge in [0, 0.05) is 0 Å². The summed E-state index contributed by atoms with van der Waals surface area (Å²) in [6, 6.07) is 0. The van der Waals surface area contributed by atoms with Gasteiger partial charge in [0.05, 0.1) is 12.6 Å². The van der Waals surface area contributed by atoms with Crippen molar-refractivity contribution < 1.29 is 40.7 Å². The molecule has 0 aromatic carbocycles. The summed E-state index contributed by atoms with van der Waals surface area (Å²) >= 11 is 0. The number of carbonyl (C=O) groups excluding carboxylic acids is 1. The van der Waals surface area contributed by atoms with E-state index in [0.717, 1.165) is 6.92 Å². The minimum atomic E-state index is -5.55. The zero-order chi connectivity index (χ0) is 15.9. The molecule has 1 fully saturated rings. The zero-order valence-electron chi connectivity index (χ0n) is 10.8. The van der Waals surface area contributed by atoms with Crippen LogP contribution in [0.3, 0.4) is 0 Å². The van der Waals surface area contributed by atoms with Gasteiger partial charge in [-0.3, -0.25) is 4.84 Å². The third kappa shape index (κ3) is 3.00. The Kier molecular flexibility index (Phi) is 4.31. The molecule has 0 amide bonds. The minimum absolute atomic E-state index is 0.292. The Morgan fingerprint density at radius 3 is 1.85 bits per heavy atom. The Balaban J connectivity index is 2.75. The third-order valence-electron chi connectivity index (χ3n) is 2.60. The number of hydrogen-bond acceptors (Lipinski definition) is 4. The number of esters is 1. The van der Waals surface area contributed by atoms with E-state index < -0.39 is 42.6 Å². The lowest BCUT2D eigenvalue weighted by molar-refractivity contribution is -0.311.